The molecule has 2 amide bonds. The van der Waals surface area contributed by atoms with E-state index in [9.17, 15) is 19.5 Å². The first-order valence-electron chi connectivity index (χ1n) is 17.1. The highest BCUT2D eigenvalue weighted by Gasteiger charge is 2.35. The predicted octanol–water partition coefficient (Wildman–Crippen LogP) is 5.66. The monoisotopic (exact) mass is 647 g/mol. The summed E-state index contributed by atoms with van der Waals surface area (Å²) in [6.07, 6.45) is 2.94. The maximum absolute atomic E-state index is 14.1. The summed E-state index contributed by atoms with van der Waals surface area (Å²) in [6, 6.07) is 2.86. The molecule has 0 saturated carbocycles. The van der Waals surface area contributed by atoms with Crippen LogP contribution in [0.2, 0.25) is 0 Å². The summed E-state index contributed by atoms with van der Waals surface area (Å²) in [4.78, 5) is 45.1. The third-order valence-electron chi connectivity index (χ3n) is 8.68. The van der Waals surface area contributed by atoms with Gasteiger partial charge in [0.25, 0.3) is 0 Å². The van der Waals surface area contributed by atoms with Crippen molar-refractivity contribution >= 4 is 17.8 Å². The Hall–Kier alpha value is -2.56. The van der Waals surface area contributed by atoms with E-state index in [0.29, 0.717) is 37.8 Å². The van der Waals surface area contributed by atoms with Gasteiger partial charge in [0, 0.05) is 62.3 Å². The number of ketones is 1. The Balaban J connectivity index is 2.28. The molecule has 262 valence electrons. The van der Waals surface area contributed by atoms with Gasteiger partial charge in [-0.2, -0.15) is 0 Å². The van der Waals surface area contributed by atoms with E-state index in [0.717, 1.165) is 43.5 Å². The first-order valence-corrected chi connectivity index (χ1v) is 17.1. The van der Waals surface area contributed by atoms with Crippen LogP contribution >= 0.6 is 0 Å². The molecular weight excluding hydrogens is 586 g/mol. The molecule has 1 aliphatic rings. The van der Waals surface area contributed by atoms with Crippen LogP contribution in [0.3, 0.4) is 0 Å². The van der Waals surface area contributed by atoms with Gasteiger partial charge >= 0.3 is 6.09 Å². The lowest BCUT2D eigenvalue weighted by molar-refractivity contribution is -0.128. The normalized spacial score (nSPS) is 17.0. The smallest absolute Gasteiger partial charge is 0.407 e. The average molecular weight is 648 g/mol. The molecule has 2 rings (SSSR count). The van der Waals surface area contributed by atoms with Crippen molar-refractivity contribution in [3.8, 4) is 0 Å². The highest BCUT2D eigenvalue weighted by Crippen LogP contribution is 2.28. The zero-order valence-corrected chi connectivity index (χ0v) is 29.8. The van der Waals surface area contributed by atoms with Crippen molar-refractivity contribution in [2.24, 2.45) is 29.6 Å². The van der Waals surface area contributed by atoms with E-state index in [1.54, 1.807) is 33.9 Å². The van der Waals surface area contributed by atoms with Gasteiger partial charge in [-0.1, -0.05) is 27.7 Å². The minimum absolute atomic E-state index is 0.0452. The van der Waals surface area contributed by atoms with Crippen molar-refractivity contribution in [1.82, 2.24) is 15.6 Å². The molecule has 0 spiro atoms. The number of amides is 2. The van der Waals surface area contributed by atoms with Crippen LogP contribution in [0.1, 0.15) is 109 Å². The maximum Gasteiger partial charge on any atom is 0.407 e. The van der Waals surface area contributed by atoms with Crippen LogP contribution < -0.4 is 10.6 Å². The third-order valence-corrected chi connectivity index (χ3v) is 8.68. The fourth-order valence-corrected chi connectivity index (χ4v) is 5.93. The second kappa shape index (κ2) is 19.3. The minimum atomic E-state index is -1.08. The Bertz CT molecular complexity index is 1100. The number of nitrogens with one attached hydrogen (secondary N) is 2. The molecule has 0 radical (unpaired) electrons. The summed E-state index contributed by atoms with van der Waals surface area (Å²) in [5, 5.41) is 17.6. The van der Waals surface area contributed by atoms with Gasteiger partial charge in [-0.25, -0.2) is 4.79 Å². The van der Waals surface area contributed by atoms with Crippen molar-refractivity contribution in [2.45, 2.75) is 118 Å². The predicted molar refractivity (Wildman–Crippen MR) is 180 cm³/mol. The molecule has 0 aromatic carbocycles. The standard InChI is InChI=1S/C36H61N3O7/c1-23(2)29(33(41)27-18-25(5)38-28(19-27)12-10-11-15-44-9)20-31(39-35(43)46-36(6,7)8)32(40)21-30(24(3)4)34(42)37-22-26-13-16-45-17-14-26/h18-19,23-24,26,29-32,40H,10-17,20-22H2,1-9H3,(H,37,42)(H,39,43). The number of nitrogens with zero attached hydrogens (tertiary/aromatic N) is 1. The summed E-state index contributed by atoms with van der Waals surface area (Å²) in [6.45, 7) is 17.7. The van der Waals surface area contributed by atoms with Gasteiger partial charge in [0.2, 0.25) is 5.91 Å². The first-order chi connectivity index (χ1) is 21.6. The number of alkyl carbamates (subject to hydrolysis) is 1. The molecule has 4 unspecified atom stereocenters. The second-order valence-electron chi connectivity index (χ2n) is 14.6. The van der Waals surface area contributed by atoms with Crippen LogP contribution in [-0.4, -0.2) is 79.1 Å². The van der Waals surface area contributed by atoms with Gasteiger partial charge in [0.15, 0.2) is 5.78 Å². The SMILES string of the molecule is COCCCCc1cc(C(=O)C(CC(NC(=O)OC(C)(C)C)C(O)CC(C(=O)NCC2CCOCC2)C(C)C)C(C)C)cc(C)n1. The first kappa shape index (κ1) is 39.6. The number of hydrogen-bond donors (Lipinski definition) is 3. The van der Waals surface area contributed by atoms with Crippen molar-refractivity contribution in [2.75, 3.05) is 33.5 Å². The Kier molecular flexibility index (Phi) is 16.6. The molecule has 46 heavy (non-hydrogen) atoms. The average Bonchev–Trinajstić information content (AvgIpc) is 2.97. The topological polar surface area (TPSA) is 136 Å². The van der Waals surface area contributed by atoms with E-state index in [2.05, 4.69) is 15.6 Å². The second-order valence-corrected chi connectivity index (χ2v) is 14.6. The number of methoxy groups -OCH3 is 1. The van der Waals surface area contributed by atoms with Gasteiger partial charge in [-0.3, -0.25) is 14.6 Å². The molecule has 0 bridgehead atoms. The highest BCUT2D eigenvalue weighted by molar-refractivity contribution is 5.98. The van der Waals surface area contributed by atoms with Crippen LogP contribution in [0.25, 0.3) is 0 Å². The highest BCUT2D eigenvalue weighted by atomic mass is 16.6. The minimum Gasteiger partial charge on any atom is -0.444 e. The lowest BCUT2D eigenvalue weighted by Gasteiger charge is -2.33. The number of ether oxygens (including phenoxy) is 3. The molecule has 4 atom stereocenters. The lowest BCUT2D eigenvalue weighted by atomic mass is 9.79. The van der Waals surface area contributed by atoms with Crippen LogP contribution in [0.4, 0.5) is 4.79 Å². The van der Waals surface area contributed by atoms with E-state index < -0.39 is 35.7 Å². The molecule has 3 N–H and O–H groups in total. The van der Waals surface area contributed by atoms with E-state index in [4.69, 9.17) is 14.2 Å². The Labute approximate surface area is 277 Å². The molecule has 10 heteroatoms. The van der Waals surface area contributed by atoms with Gasteiger partial charge in [-0.05, 0) is 103 Å². The number of unbranched alkanes of at least 4 members (excludes halogenated alkanes) is 1. The molecule has 1 fully saturated rings. The van der Waals surface area contributed by atoms with Gasteiger partial charge in [-0.15, -0.1) is 0 Å². The van der Waals surface area contributed by atoms with E-state index in [1.807, 2.05) is 40.7 Å². The van der Waals surface area contributed by atoms with Crippen molar-refractivity contribution < 1.29 is 33.7 Å². The largest absolute Gasteiger partial charge is 0.444 e. The molecule has 1 saturated heterocycles. The summed E-state index contributed by atoms with van der Waals surface area (Å²) in [5.74, 6) is -0.902. The number of aryl methyl sites for hydroxylation is 2. The lowest BCUT2D eigenvalue weighted by Crippen LogP contribution is -2.49. The number of aliphatic hydroxyl groups excluding tert-OH is 1. The third kappa shape index (κ3) is 14.1. The summed E-state index contributed by atoms with van der Waals surface area (Å²) in [7, 11) is 1.68. The van der Waals surface area contributed by atoms with E-state index in [1.165, 1.54) is 0 Å². The number of aromatic nitrogens is 1. The summed E-state index contributed by atoms with van der Waals surface area (Å²) in [5.41, 5.74) is 1.46. The molecule has 2 heterocycles. The molecule has 0 aliphatic carbocycles. The number of rotatable bonds is 18. The number of Topliss-reactive ketones (excluding diaryl/α,β-unsaturated/α-hetero) is 1. The van der Waals surface area contributed by atoms with Crippen molar-refractivity contribution in [3.05, 3.63) is 29.1 Å². The van der Waals surface area contributed by atoms with Gasteiger partial charge in [0.05, 0.1) is 12.1 Å². The summed E-state index contributed by atoms with van der Waals surface area (Å²) >= 11 is 0. The Morgan fingerprint density at radius 2 is 1.67 bits per heavy atom. The Morgan fingerprint density at radius 3 is 2.26 bits per heavy atom. The van der Waals surface area contributed by atoms with E-state index in [-0.39, 0.29) is 36.4 Å². The van der Waals surface area contributed by atoms with Crippen molar-refractivity contribution in [3.63, 3.8) is 0 Å². The summed E-state index contributed by atoms with van der Waals surface area (Å²) < 4.78 is 16.1. The number of pyridine rings is 1. The zero-order chi connectivity index (χ0) is 34.4. The maximum atomic E-state index is 14.1. The van der Waals surface area contributed by atoms with Crippen LogP contribution in [0, 0.1) is 36.5 Å². The number of carbonyl (C=O) groups is 3. The molecule has 10 nitrogen and oxygen atoms in total. The van der Waals surface area contributed by atoms with Gasteiger partial charge < -0.3 is 30.0 Å². The number of hydrogen-bond acceptors (Lipinski definition) is 8. The quantitative estimate of drug-likeness (QED) is 0.137. The van der Waals surface area contributed by atoms with Crippen LogP contribution in [0.5, 0.6) is 0 Å². The molecule has 1 aromatic rings. The van der Waals surface area contributed by atoms with Gasteiger partial charge in [0.1, 0.15) is 5.60 Å². The zero-order valence-electron chi connectivity index (χ0n) is 29.8. The number of aliphatic hydroxyl groups is 1. The fraction of sp³-hybridized carbons (Fsp3) is 0.778. The van der Waals surface area contributed by atoms with Crippen molar-refractivity contribution in [1.29, 1.82) is 0 Å². The van der Waals surface area contributed by atoms with Crippen LogP contribution in [0.15, 0.2) is 12.1 Å². The Morgan fingerprint density at radius 1 is 1.02 bits per heavy atom. The van der Waals surface area contributed by atoms with E-state index >= 15 is 0 Å². The fourth-order valence-electron chi connectivity index (χ4n) is 5.93. The van der Waals surface area contributed by atoms with Crippen LogP contribution in [-0.2, 0) is 25.4 Å². The molecular formula is C36H61N3O7. The molecule has 1 aromatic heterocycles. The molecule has 1 aliphatic heterocycles. The number of carbonyl (C=O) groups excluding carboxylic acids is 3.